The number of benzene rings is 1. The quantitative estimate of drug-likeness (QED) is 0.911. The van der Waals surface area contributed by atoms with Crippen molar-refractivity contribution in [3.63, 3.8) is 0 Å². The first-order chi connectivity index (χ1) is 11.1. The Kier molecular flexibility index (Phi) is 4.66. The topological polar surface area (TPSA) is 52.7 Å². The highest BCUT2D eigenvalue weighted by atomic mass is 16.2. The molecule has 2 fully saturated rings. The van der Waals surface area contributed by atoms with Gasteiger partial charge in [-0.2, -0.15) is 0 Å². The second kappa shape index (κ2) is 6.71. The molecule has 1 N–H and O–H groups in total. The molecule has 0 spiro atoms. The molecule has 0 radical (unpaired) electrons. The van der Waals surface area contributed by atoms with Crippen LogP contribution in [0.4, 0.5) is 0 Å². The van der Waals surface area contributed by atoms with Crippen molar-refractivity contribution in [1.82, 2.24) is 15.1 Å². The minimum atomic E-state index is -0.339. The van der Waals surface area contributed by atoms with Crippen molar-refractivity contribution in [3.8, 4) is 0 Å². The van der Waals surface area contributed by atoms with E-state index in [2.05, 4.69) is 41.4 Å². The number of nitrogens with zero attached hydrogens (tertiary/aromatic N) is 2. The molecule has 5 nitrogen and oxygen atoms in total. The third-order valence-corrected chi connectivity index (χ3v) is 4.73. The third kappa shape index (κ3) is 3.39. The van der Waals surface area contributed by atoms with Gasteiger partial charge in [0, 0.05) is 26.2 Å². The van der Waals surface area contributed by atoms with Crippen molar-refractivity contribution in [2.24, 2.45) is 0 Å². The number of hydrogen-bond acceptors (Lipinski definition) is 3. The van der Waals surface area contributed by atoms with Crippen LogP contribution in [0, 0.1) is 6.92 Å². The van der Waals surface area contributed by atoms with Crippen LogP contribution >= 0.6 is 0 Å². The zero-order chi connectivity index (χ0) is 16.4. The predicted molar refractivity (Wildman–Crippen MR) is 88.8 cm³/mol. The summed E-state index contributed by atoms with van der Waals surface area (Å²) in [6.45, 7) is 7.02. The summed E-state index contributed by atoms with van der Waals surface area (Å²) in [5.74, 6) is 0.0867. The van der Waals surface area contributed by atoms with Gasteiger partial charge in [0.1, 0.15) is 12.1 Å². The fourth-order valence-corrected chi connectivity index (χ4v) is 3.55. The zero-order valence-corrected chi connectivity index (χ0v) is 13.9. The molecule has 1 aromatic carbocycles. The van der Waals surface area contributed by atoms with E-state index in [1.165, 1.54) is 11.1 Å². The van der Waals surface area contributed by atoms with E-state index in [1.54, 1.807) is 4.90 Å². The molecule has 2 aliphatic heterocycles. The first-order valence-electron chi connectivity index (χ1n) is 8.47. The van der Waals surface area contributed by atoms with Crippen molar-refractivity contribution in [3.05, 3.63) is 35.4 Å². The van der Waals surface area contributed by atoms with Crippen molar-refractivity contribution >= 4 is 11.8 Å². The first kappa shape index (κ1) is 16.0. The molecule has 2 amide bonds. The Bertz CT molecular complexity index is 602. The number of amides is 2. The number of fused-ring (bicyclic) bond motifs is 1. The van der Waals surface area contributed by atoms with Crippen LogP contribution in [0.15, 0.2) is 24.3 Å². The maximum absolute atomic E-state index is 12.5. The van der Waals surface area contributed by atoms with E-state index in [1.807, 2.05) is 6.92 Å². The van der Waals surface area contributed by atoms with E-state index < -0.39 is 0 Å². The van der Waals surface area contributed by atoms with Gasteiger partial charge in [-0.25, -0.2) is 0 Å². The van der Waals surface area contributed by atoms with Crippen LogP contribution in [0.2, 0.25) is 0 Å². The normalized spacial score (nSPS) is 25.2. The second-order valence-corrected chi connectivity index (χ2v) is 6.62. The molecule has 0 aliphatic carbocycles. The molecule has 23 heavy (non-hydrogen) atoms. The Morgan fingerprint density at radius 2 is 2.09 bits per heavy atom. The van der Waals surface area contributed by atoms with Gasteiger partial charge in [-0.15, -0.1) is 0 Å². The van der Waals surface area contributed by atoms with E-state index >= 15 is 0 Å². The lowest BCUT2D eigenvalue weighted by Crippen LogP contribution is -2.69. The van der Waals surface area contributed by atoms with Crippen LogP contribution in [0.3, 0.4) is 0 Å². The van der Waals surface area contributed by atoms with Crippen molar-refractivity contribution in [2.75, 3.05) is 19.6 Å². The fourth-order valence-electron chi connectivity index (χ4n) is 3.55. The number of aryl methyl sites for hydroxylation is 1. The predicted octanol–water partition coefficient (Wildman–Crippen LogP) is 1.31. The Morgan fingerprint density at radius 1 is 1.26 bits per heavy atom. The number of piperazine rings is 2. The van der Waals surface area contributed by atoms with Gasteiger partial charge in [-0.05, 0) is 18.9 Å². The van der Waals surface area contributed by atoms with Crippen LogP contribution in [0.25, 0.3) is 0 Å². The summed E-state index contributed by atoms with van der Waals surface area (Å²) >= 11 is 0. The lowest BCUT2D eigenvalue weighted by Gasteiger charge is -2.45. The summed E-state index contributed by atoms with van der Waals surface area (Å²) in [6, 6.07) is 7.77. The van der Waals surface area contributed by atoms with Gasteiger partial charge in [-0.1, -0.05) is 43.2 Å². The van der Waals surface area contributed by atoms with Gasteiger partial charge in [-0.3, -0.25) is 14.5 Å². The van der Waals surface area contributed by atoms with Crippen molar-refractivity contribution in [2.45, 2.75) is 45.3 Å². The van der Waals surface area contributed by atoms with Crippen LogP contribution in [-0.2, 0) is 16.1 Å². The Morgan fingerprint density at radius 3 is 2.83 bits per heavy atom. The van der Waals surface area contributed by atoms with Crippen LogP contribution in [-0.4, -0.2) is 53.3 Å². The van der Waals surface area contributed by atoms with Crippen LogP contribution in [0.1, 0.15) is 30.9 Å². The van der Waals surface area contributed by atoms with E-state index in [0.29, 0.717) is 13.1 Å². The van der Waals surface area contributed by atoms with Gasteiger partial charge in [0.15, 0.2) is 0 Å². The highest BCUT2D eigenvalue weighted by Crippen LogP contribution is 2.19. The third-order valence-electron chi connectivity index (χ3n) is 4.73. The molecular formula is C18H25N3O2. The molecule has 2 saturated heterocycles. The molecule has 124 valence electrons. The molecule has 3 rings (SSSR count). The van der Waals surface area contributed by atoms with Gasteiger partial charge in [0.05, 0.1) is 0 Å². The van der Waals surface area contributed by atoms with E-state index in [4.69, 9.17) is 0 Å². The molecule has 2 atom stereocenters. The SMILES string of the molecule is CCC[C@@H]1NC(=O)[C@H]2CN(Cc3cccc(C)c3)CCN2C1=O. The number of rotatable bonds is 4. The maximum Gasteiger partial charge on any atom is 0.245 e. The standard InChI is InChI=1S/C18H25N3O2/c1-3-5-15-18(23)21-9-8-20(12-16(21)17(22)19-15)11-14-7-4-6-13(2)10-14/h4,6-7,10,15-16H,3,5,8-9,11-12H2,1-2H3,(H,19,22)/t15-,16+/m0/s1. The van der Waals surface area contributed by atoms with Gasteiger partial charge >= 0.3 is 0 Å². The summed E-state index contributed by atoms with van der Waals surface area (Å²) < 4.78 is 0. The average molecular weight is 315 g/mol. The van der Waals surface area contributed by atoms with E-state index in [-0.39, 0.29) is 23.9 Å². The van der Waals surface area contributed by atoms with Crippen LogP contribution in [0.5, 0.6) is 0 Å². The summed E-state index contributed by atoms with van der Waals surface area (Å²) in [5, 5.41) is 2.90. The molecule has 0 unspecified atom stereocenters. The average Bonchev–Trinajstić information content (AvgIpc) is 2.53. The lowest BCUT2D eigenvalue weighted by atomic mass is 10.0. The Labute approximate surface area is 137 Å². The minimum absolute atomic E-state index is 0.00278. The number of carbonyl (C=O) groups is 2. The van der Waals surface area contributed by atoms with Gasteiger partial charge in [0.2, 0.25) is 11.8 Å². The summed E-state index contributed by atoms with van der Waals surface area (Å²) in [5.41, 5.74) is 2.50. The van der Waals surface area contributed by atoms with Gasteiger partial charge in [0.25, 0.3) is 0 Å². The first-order valence-corrected chi connectivity index (χ1v) is 8.47. The highest BCUT2D eigenvalue weighted by molar-refractivity contribution is 5.97. The Balaban J connectivity index is 1.66. The molecule has 1 aromatic rings. The summed E-state index contributed by atoms with van der Waals surface area (Å²) in [6.07, 6.45) is 1.62. The number of nitrogens with one attached hydrogen (secondary N) is 1. The van der Waals surface area contributed by atoms with Crippen molar-refractivity contribution in [1.29, 1.82) is 0 Å². The zero-order valence-electron chi connectivity index (χ0n) is 13.9. The second-order valence-electron chi connectivity index (χ2n) is 6.62. The number of hydrogen-bond donors (Lipinski definition) is 1. The lowest BCUT2D eigenvalue weighted by molar-refractivity contribution is -0.153. The molecule has 2 heterocycles. The van der Waals surface area contributed by atoms with E-state index in [0.717, 1.165) is 25.9 Å². The Hall–Kier alpha value is -1.88. The van der Waals surface area contributed by atoms with Gasteiger partial charge < -0.3 is 10.2 Å². The summed E-state index contributed by atoms with van der Waals surface area (Å²) in [7, 11) is 0. The highest BCUT2D eigenvalue weighted by Gasteiger charge is 2.42. The molecule has 0 saturated carbocycles. The molecule has 2 aliphatic rings. The minimum Gasteiger partial charge on any atom is -0.342 e. The smallest absolute Gasteiger partial charge is 0.245 e. The molecule has 0 bridgehead atoms. The van der Waals surface area contributed by atoms with E-state index in [9.17, 15) is 9.59 Å². The fraction of sp³-hybridized carbons (Fsp3) is 0.556. The van der Waals surface area contributed by atoms with Crippen LogP contribution < -0.4 is 5.32 Å². The monoisotopic (exact) mass is 315 g/mol. The molecule has 5 heteroatoms. The van der Waals surface area contributed by atoms with Crippen molar-refractivity contribution < 1.29 is 9.59 Å². The molecule has 0 aromatic heterocycles. The largest absolute Gasteiger partial charge is 0.342 e. The number of carbonyl (C=O) groups excluding carboxylic acids is 2. The molecular weight excluding hydrogens is 290 g/mol. The maximum atomic E-state index is 12.5. The summed E-state index contributed by atoms with van der Waals surface area (Å²) in [4.78, 5) is 28.9.